The first-order valence-corrected chi connectivity index (χ1v) is 10.0. The van der Waals surface area contributed by atoms with E-state index in [0.29, 0.717) is 29.5 Å². The van der Waals surface area contributed by atoms with Crippen LogP contribution >= 0.6 is 0 Å². The van der Waals surface area contributed by atoms with E-state index >= 15 is 0 Å². The van der Waals surface area contributed by atoms with Crippen LogP contribution in [0.25, 0.3) is 22.3 Å². The number of aryl methyl sites for hydroxylation is 3. The molecule has 0 aliphatic rings. The number of hydrogen-bond donors (Lipinski definition) is 0. The van der Waals surface area contributed by atoms with Gasteiger partial charge in [-0.2, -0.15) is 0 Å². The molecule has 31 heavy (non-hydrogen) atoms. The van der Waals surface area contributed by atoms with Crippen LogP contribution < -0.4 is 0 Å². The lowest BCUT2D eigenvalue weighted by Crippen LogP contribution is -2.00. The van der Waals surface area contributed by atoms with Crippen molar-refractivity contribution in [3.63, 3.8) is 0 Å². The molecule has 0 bridgehead atoms. The Hall–Kier alpha value is -3.40. The summed E-state index contributed by atoms with van der Waals surface area (Å²) in [4.78, 5) is 0. The van der Waals surface area contributed by atoms with E-state index in [0.717, 1.165) is 5.56 Å². The van der Waals surface area contributed by atoms with Crippen molar-refractivity contribution in [3.8, 4) is 22.3 Å². The number of hydrogen-bond acceptors (Lipinski definition) is 0. The van der Waals surface area contributed by atoms with Gasteiger partial charge < -0.3 is 0 Å². The maximum absolute atomic E-state index is 14.6. The largest absolute Gasteiger partial charge is 0.203 e. The Balaban J connectivity index is 1.50. The van der Waals surface area contributed by atoms with Crippen molar-refractivity contribution in [3.05, 3.63) is 119 Å². The average molecular weight is 420 g/mol. The van der Waals surface area contributed by atoms with Gasteiger partial charge in [0.15, 0.2) is 23.3 Å². The van der Waals surface area contributed by atoms with Crippen LogP contribution in [-0.4, -0.2) is 0 Å². The van der Waals surface area contributed by atoms with E-state index in [1.165, 1.54) is 13.0 Å². The van der Waals surface area contributed by atoms with Crippen LogP contribution in [0.15, 0.2) is 78.9 Å². The lowest BCUT2D eigenvalue weighted by Gasteiger charge is -2.10. The first-order chi connectivity index (χ1) is 15.0. The van der Waals surface area contributed by atoms with Crippen molar-refractivity contribution in [2.75, 3.05) is 0 Å². The topological polar surface area (TPSA) is 0 Å². The summed E-state index contributed by atoms with van der Waals surface area (Å²) in [5.74, 6) is -3.41. The van der Waals surface area contributed by atoms with Crippen LogP contribution in [0.5, 0.6) is 0 Å². The molecule has 0 saturated heterocycles. The van der Waals surface area contributed by atoms with Crippen molar-refractivity contribution in [2.24, 2.45) is 0 Å². The molecule has 0 radical (unpaired) electrons. The van der Waals surface area contributed by atoms with Gasteiger partial charge in [0, 0.05) is 11.1 Å². The molecule has 0 saturated carbocycles. The minimum atomic E-state index is -0.871. The number of rotatable bonds is 5. The summed E-state index contributed by atoms with van der Waals surface area (Å²) in [7, 11) is 0. The van der Waals surface area contributed by atoms with Crippen molar-refractivity contribution in [1.29, 1.82) is 0 Å². The second-order valence-electron chi connectivity index (χ2n) is 7.52. The molecule has 4 aromatic carbocycles. The summed E-state index contributed by atoms with van der Waals surface area (Å²) in [6.45, 7) is 1.51. The van der Waals surface area contributed by atoms with Crippen molar-refractivity contribution in [2.45, 2.75) is 19.8 Å². The lowest BCUT2D eigenvalue weighted by atomic mass is 9.97. The molecule has 0 aromatic heterocycles. The van der Waals surface area contributed by atoms with Gasteiger partial charge in [-0.3, -0.25) is 0 Å². The maximum Gasteiger partial charge on any atom is 0.166 e. The third kappa shape index (κ3) is 4.24. The Labute approximate surface area is 178 Å². The van der Waals surface area contributed by atoms with Gasteiger partial charge >= 0.3 is 0 Å². The summed E-state index contributed by atoms with van der Waals surface area (Å²) < 4.78 is 57.2. The van der Waals surface area contributed by atoms with Crippen LogP contribution in [0, 0.1) is 30.2 Å². The SMILES string of the molecule is Cc1ccc(-c2ccc(CCc3ccc(-c4ccccc4)c(F)c3F)cc2)c(F)c1F. The zero-order valence-corrected chi connectivity index (χ0v) is 16.9. The standard InChI is InChI=1S/C27H20F4/c1-17-7-15-22(26(30)24(17)28)20-11-8-18(9-12-20)10-13-21-14-16-23(27(31)25(21)29)19-5-3-2-4-6-19/h2-9,11-12,14-16H,10,13H2,1H3. The minimum absolute atomic E-state index is 0.194. The first-order valence-electron chi connectivity index (χ1n) is 10.0. The van der Waals surface area contributed by atoms with Gasteiger partial charge in [0.05, 0.1) is 0 Å². The Morgan fingerprint density at radius 3 is 1.77 bits per heavy atom. The van der Waals surface area contributed by atoms with Crippen molar-refractivity contribution < 1.29 is 17.6 Å². The van der Waals surface area contributed by atoms with E-state index in [9.17, 15) is 17.6 Å². The van der Waals surface area contributed by atoms with E-state index in [4.69, 9.17) is 0 Å². The highest BCUT2D eigenvalue weighted by atomic mass is 19.2. The van der Waals surface area contributed by atoms with Gasteiger partial charge in [0.2, 0.25) is 0 Å². The summed E-state index contributed by atoms with van der Waals surface area (Å²) >= 11 is 0. The second kappa shape index (κ2) is 8.76. The quantitative estimate of drug-likeness (QED) is 0.291. The predicted molar refractivity (Wildman–Crippen MR) is 116 cm³/mol. The molecule has 0 N–H and O–H groups in total. The van der Waals surface area contributed by atoms with E-state index < -0.39 is 23.3 Å². The zero-order chi connectivity index (χ0) is 22.0. The van der Waals surface area contributed by atoms with E-state index in [1.54, 1.807) is 66.7 Å². The Morgan fingerprint density at radius 2 is 1.10 bits per heavy atom. The van der Waals surface area contributed by atoms with E-state index in [2.05, 4.69) is 0 Å². The molecule has 4 aromatic rings. The fraction of sp³-hybridized carbons (Fsp3) is 0.111. The Bertz CT molecular complexity index is 1210. The molecule has 156 valence electrons. The van der Waals surface area contributed by atoms with Gasteiger partial charge in [-0.15, -0.1) is 0 Å². The molecule has 4 rings (SSSR count). The maximum atomic E-state index is 14.6. The summed E-state index contributed by atoms with van der Waals surface area (Å²) in [5, 5.41) is 0. The number of halogens is 4. The fourth-order valence-corrected chi connectivity index (χ4v) is 3.62. The molecule has 4 heteroatoms. The molecule has 0 aliphatic carbocycles. The second-order valence-corrected chi connectivity index (χ2v) is 7.52. The van der Waals surface area contributed by atoms with Crippen LogP contribution in [0.3, 0.4) is 0 Å². The average Bonchev–Trinajstić information content (AvgIpc) is 2.80. The summed E-state index contributed by atoms with van der Waals surface area (Å²) in [6, 6.07) is 22.1. The Morgan fingerprint density at radius 1 is 0.516 bits per heavy atom. The smallest absolute Gasteiger partial charge is 0.166 e. The highest BCUT2D eigenvalue weighted by Gasteiger charge is 2.15. The predicted octanol–water partition coefficient (Wildman–Crippen LogP) is 7.67. The highest BCUT2D eigenvalue weighted by molar-refractivity contribution is 5.66. The Kier molecular flexibility index (Phi) is 5.90. The molecular weight excluding hydrogens is 400 g/mol. The third-order valence-electron chi connectivity index (χ3n) is 5.47. The van der Waals surface area contributed by atoms with Crippen molar-refractivity contribution >= 4 is 0 Å². The fourth-order valence-electron chi connectivity index (χ4n) is 3.62. The molecule has 0 unspecified atom stereocenters. The minimum Gasteiger partial charge on any atom is -0.203 e. The highest BCUT2D eigenvalue weighted by Crippen LogP contribution is 2.28. The van der Waals surface area contributed by atoms with Gasteiger partial charge in [-0.1, -0.05) is 78.9 Å². The summed E-state index contributed by atoms with van der Waals surface area (Å²) in [6.07, 6.45) is 0.816. The van der Waals surface area contributed by atoms with Crippen LogP contribution in [0.1, 0.15) is 16.7 Å². The monoisotopic (exact) mass is 420 g/mol. The molecule has 0 nitrogen and oxygen atoms in total. The van der Waals surface area contributed by atoms with E-state index in [1.807, 2.05) is 6.07 Å². The van der Waals surface area contributed by atoms with Gasteiger partial charge in [0.25, 0.3) is 0 Å². The van der Waals surface area contributed by atoms with Crippen molar-refractivity contribution in [1.82, 2.24) is 0 Å². The molecule has 0 spiro atoms. The first kappa shape index (κ1) is 20.9. The van der Waals surface area contributed by atoms with E-state index in [-0.39, 0.29) is 16.7 Å². The van der Waals surface area contributed by atoms with Crippen LogP contribution in [0.4, 0.5) is 17.6 Å². The number of benzene rings is 4. The summed E-state index contributed by atoms with van der Waals surface area (Å²) in [5.41, 5.74) is 3.06. The zero-order valence-electron chi connectivity index (χ0n) is 16.9. The van der Waals surface area contributed by atoms with Gasteiger partial charge in [0.1, 0.15) is 0 Å². The normalized spacial score (nSPS) is 11.0. The molecule has 0 heterocycles. The van der Waals surface area contributed by atoms with Crippen LogP contribution in [0.2, 0.25) is 0 Å². The van der Waals surface area contributed by atoms with Gasteiger partial charge in [-0.25, -0.2) is 17.6 Å². The third-order valence-corrected chi connectivity index (χ3v) is 5.47. The molecular formula is C27H20F4. The lowest BCUT2D eigenvalue weighted by molar-refractivity contribution is 0.501. The molecule has 0 atom stereocenters. The van der Waals surface area contributed by atoms with Gasteiger partial charge in [-0.05, 0) is 47.6 Å². The molecule has 0 aliphatic heterocycles. The van der Waals surface area contributed by atoms with Crippen LogP contribution in [-0.2, 0) is 12.8 Å². The molecule has 0 fully saturated rings. The molecule has 0 amide bonds.